The Morgan fingerprint density at radius 3 is 1.60 bits per heavy atom. The Balaban J connectivity index is 1.25. The first-order chi connectivity index (χ1) is 25.7. The van der Waals surface area contributed by atoms with Crippen molar-refractivity contribution in [1.29, 1.82) is 0 Å². The van der Waals surface area contributed by atoms with Crippen LogP contribution in [0.1, 0.15) is 22.3 Å². The molecule has 0 unspecified atom stereocenters. The fourth-order valence-corrected chi connectivity index (χ4v) is 11.2. The van der Waals surface area contributed by atoms with Gasteiger partial charge in [0.2, 0.25) is 0 Å². The molecule has 7 aromatic carbocycles. The van der Waals surface area contributed by atoms with Crippen LogP contribution in [0.15, 0.2) is 200 Å². The summed E-state index contributed by atoms with van der Waals surface area (Å²) in [5.74, 6) is 0. The minimum absolute atomic E-state index is 0.626. The van der Waals surface area contributed by atoms with E-state index in [0.29, 0.717) is 0 Å². The Morgan fingerprint density at radius 2 is 0.981 bits per heavy atom. The maximum absolute atomic E-state index is 15.4. The van der Waals surface area contributed by atoms with Crippen molar-refractivity contribution in [2.45, 2.75) is 5.41 Å². The highest BCUT2D eigenvalue weighted by molar-refractivity contribution is 7.85. The van der Waals surface area contributed by atoms with Gasteiger partial charge in [-0.15, -0.1) is 0 Å². The number of hydrogen-bond acceptors (Lipinski definition) is 2. The molecular formula is C48H33N2OP. The van der Waals surface area contributed by atoms with Gasteiger partial charge in [0.05, 0.1) is 22.0 Å². The summed E-state index contributed by atoms with van der Waals surface area (Å²) in [5, 5.41) is 3.57. The van der Waals surface area contributed by atoms with Crippen LogP contribution in [0.25, 0.3) is 38.8 Å². The molecular weight excluding hydrogens is 652 g/mol. The van der Waals surface area contributed by atoms with Gasteiger partial charge in [0.25, 0.3) is 0 Å². The maximum Gasteiger partial charge on any atom is 0.171 e. The minimum atomic E-state index is -3.15. The van der Waals surface area contributed by atoms with E-state index in [4.69, 9.17) is 4.98 Å². The maximum atomic E-state index is 15.4. The molecule has 2 heterocycles. The Morgan fingerprint density at radius 1 is 0.462 bits per heavy atom. The van der Waals surface area contributed by atoms with E-state index in [1.165, 1.54) is 22.3 Å². The van der Waals surface area contributed by atoms with Gasteiger partial charge in [0.15, 0.2) is 7.14 Å². The summed E-state index contributed by atoms with van der Waals surface area (Å²) in [6.07, 6.45) is 1.89. The van der Waals surface area contributed by atoms with Gasteiger partial charge in [-0.05, 0) is 69.8 Å². The lowest BCUT2D eigenvalue weighted by Gasteiger charge is -2.34. The Labute approximate surface area is 302 Å². The topological polar surface area (TPSA) is 34.9 Å². The summed E-state index contributed by atoms with van der Waals surface area (Å²) in [7, 11) is -3.15. The second-order valence-corrected chi connectivity index (χ2v) is 16.2. The quantitative estimate of drug-likeness (QED) is 0.164. The van der Waals surface area contributed by atoms with Gasteiger partial charge in [-0.2, -0.15) is 0 Å². The Kier molecular flexibility index (Phi) is 6.99. The summed E-state index contributed by atoms with van der Waals surface area (Å²) < 4.78 is 17.7. The molecule has 0 fully saturated rings. The van der Waals surface area contributed by atoms with E-state index in [9.17, 15) is 0 Å². The molecule has 52 heavy (non-hydrogen) atoms. The molecule has 3 nitrogen and oxygen atoms in total. The molecule has 0 spiro atoms. The predicted molar refractivity (Wildman–Crippen MR) is 215 cm³/mol. The lowest BCUT2D eigenvalue weighted by molar-refractivity contribution is 0.592. The second kappa shape index (κ2) is 11.9. The van der Waals surface area contributed by atoms with E-state index in [0.717, 1.165) is 54.7 Å². The minimum Gasteiger partial charge on any atom is -0.309 e. The van der Waals surface area contributed by atoms with Crippen LogP contribution in [-0.2, 0) is 9.98 Å². The van der Waals surface area contributed by atoms with Crippen LogP contribution >= 0.6 is 7.14 Å². The third-order valence-corrected chi connectivity index (χ3v) is 13.9. The highest BCUT2D eigenvalue weighted by Crippen LogP contribution is 2.56. The van der Waals surface area contributed by atoms with Gasteiger partial charge in [-0.1, -0.05) is 158 Å². The lowest BCUT2D eigenvalue weighted by atomic mass is 9.67. The number of rotatable bonds is 6. The monoisotopic (exact) mass is 684 g/mol. The number of hydrogen-bond donors (Lipinski definition) is 0. The molecule has 10 rings (SSSR count). The smallest absolute Gasteiger partial charge is 0.171 e. The number of benzene rings is 7. The molecule has 2 aromatic heterocycles. The fraction of sp³-hybridized carbons (Fsp3) is 0.0208. The molecule has 9 aromatic rings. The molecule has 4 heteroatoms. The Hall–Kier alpha value is -6.28. The average molecular weight is 685 g/mol. The standard InChI is InChI=1S/C48H33N2OP/c51-52(37-17-6-2-7-18-37,38-19-8-3-9-20-38)39-29-26-34(27-30-39)48(43-23-12-10-21-40(43)41-22-11-13-24-44(41)48)35-28-31-45-42(33-35)47-46(25-14-32-49-47)50(45)36-15-4-1-5-16-36/h1-33H. The average Bonchev–Trinajstić information content (AvgIpc) is 3.72. The van der Waals surface area contributed by atoms with Crippen LogP contribution in [0.4, 0.5) is 0 Å². The van der Waals surface area contributed by atoms with Crippen molar-refractivity contribution in [1.82, 2.24) is 9.55 Å². The zero-order chi connectivity index (χ0) is 34.7. The first-order valence-electron chi connectivity index (χ1n) is 17.7. The zero-order valence-corrected chi connectivity index (χ0v) is 29.2. The summed E-state index contributed by atoms with van der Waals surface area (Å²) >= 11 is 0. The van der Waals surface area contributed by atoms with E-state index in [-0.39, 0.29) is 0 Å². The van der Waals surface area contributed by atoms with Crippen molar-refractivity contribution in [2.24, 2.45) is 0 Å². The zero-order valence-electron chi connectivity index (χ0n) is 28.3. The van der Waals surface area contributed by atoms with Gasteiger partial charge in [0.1, 0.15) is 0 Å². The normalized spacial score (nSPS) is 13.2. The van der Waals surface area contributed by atoms with E-state index in [1.807, 2.05) is 72.9 Å². The summed E-state index contributed by atoms with van der Waals surface area (Å²) in [6, 6.07) is 67.6. The molecule has 0 radical (unpaired) electrons. The molecule has 0 saturated heterocycles. The van der Waals surface area contributed by atoms with Crippen LogP contribution in [0.3, 0.4) is 0 Å². The molecule has 1 aliphatic carbocycles. The van der Waals surface area contributed by atoms with Crippen LogP contribution in [0.5, 0.6) is 0 Å². The van der Waals surface area contributed by atoms with E-state index in [2.05, 4.69) is 132 Å². The third-order valence-electron chi connectivity index (χ3n) is 10.8. The van der Waals surface area contributed by atoms with Crippen LogP contribution in [-0.4, -0.2) is 9.55 Å². The number of pyridine rings is 1. The van der Waals surface area contributed by atoms with Crippen LogP contribution < -0.4 is 15.9 Å². The molecule has 0 saturated carbocycles. The number of para-hydroxylation sites is 1. The van der Waals surface area contributed by atoms with Crippen molar-refractivity contribution < 1.29 is 4.57 Å². The Bertz CT molecular complexity index is 2720. The van der Waals surface area contributed by atoms with E-state index < -0.39 is 12.6 Å². The van der Waals surface area contributed by atoms with Crippen molar-refractivity contribution >= 4 is 45.0 Å². The number of aromatic nitrogens is 2. The molecule has 0 amide bonds. The predicted octanol–water partition coefficient (Wildman–Crippen LogP) is 10.2. The SMILES string of the molecule is O=P(c1ccccc1)(c1ccccc1)c1ccc(C2(c3ccc4c(c3)c3ncccc3n4-c3ccccc3)c3ccccc3-c3ccccc32)cc1. The highest BCUT2D eigenvalue weighted by atomic mass is 31.2. The van der Waals surface area contributed by atoms with Crippen molar-refractivity contribution in [3.8, 4) is 16.8 Å². The molecule has 1 aliphatic rings. The van der Waals surface area contributed by atoms with Gasteiger partial charge in [0, 0.05) is 33.2 Å². The molecule has 0 aliphatic heterocycles. The van der Waals surface area contributed by atoms with E-state index >= 15 is 4.57 Å². The van der Waals surface area contributed by atoms with Crippen LogP contribution in [0, 0.1) is 0 Å². The molecule has 0 N–H and O–H groups in total. The highest BCUT2D eigenvalue weighted by Gasteiger charge is 2.46. The van der Waals surface area contributed by atoms with Gasteiger partial charge in [-0.25, -0.2) is 0 Å². The first kappa shape index (κ1) is 30.5. The van der Waals surface area contributed by atoms with Gasteiger partial charge < -0.3 is 9.13 Å². The van der Waals surface area contributed by atoms with Crippen molar-refractivity contribution in [2.75, 3.05) is 0 Å². The fourth-order valence-electron chi connectivity index (χ4n) is 8.59. The van der Waals surface area contributed by atoms with Crippen LogP contribution in [0.2, 0.25) is 0 Å². The molecule has 0 bridgehead atoms. The number of fused-ring (bicyclic) bond motifs is 6. The first-order valence-corrected chi connectivity index (χ1v) is 19.4. The molecule has 0 atom stereocenters. The van der Waals surface area contributed by atoms with Gasteiger partial charge >= 0.3 is 0 Å². The summed E-state index contributed by atoms with van der Waals surface area (Å²) in [5.41, 5.74) is 10.8. The summed E-state index contributed by atoms with van der Waals surface area (Å²) in [4.78, 5) is 4.95. The molecule has 246 valence electrons. The van der Waals surface area contributed by atoms with E-state index in [1.54, 1.807) is 0 Å². The van der Waals surface area contributed by atoms with Crippen molar-refractivity contribution in [3.63, 3.8) is 0 Å². The lowest BCUT2D eigenvalue weighted by Crippen LogP contribution is -2.30. The second-order valence-electron chi connectivity index (χ2n) is 13.4. The van der Waals surface area contributed by atoms with Crippen molar-refractivity contribution in [3.05, 3.63) is 223 Å². The van der Waals surface area contributed by atoms with Gasteiger partial charge in [-0.3, -0.25) is 4.98 Å². The number of nitrogens with zero attached hydrogens (tertiary/aromatic N) is 2. The largest absolute Gasteiger partial charge is 0.309 e. The third kappa shape index (κ3) is 4.33. The summed E-state index contributed by atoms with van der Waals surface area (Å²) in [6.45, 7) is 0.